The molecule has 0 spiro atoms. The third-order valence-corrected chi connectivity index (χ3v) is 8.51. The number of anilines is 3. The summed E-state index contributed by atoms with van der Waals surface area (Å²) in [5.74, 6) is 0.359. The minimum atomic E-state index is -4.61. The van der Waals surface area contributed by atoms with Gasteiger partial charge in [-0.25, -0.2) is 4.79 Å². The Balaban J connectivity index is 1.24. The van der Waals surface area contributed by atoms with Gasteiger partial charge >= 0.3 is 18.3 Å². The quantitative estimate of drug-likeness (QED) is 0.166. The van der Waals surface area contributed by atoms with Gasteiger partial charge in [0.1, 0.15) is 11.5 Å². The van der Waals surface area contributed by atoms with Crippen LogP contribution in [0.1, 0.15) is 36.2 Å². The molecule has 5 heterocycles. The number of amides is 2. The van der Waals surface area contributed by atoms with E-state index in [1.807, 2.05) is 50.2 Å². The first-order valence-electron chi connectivity index (χ1n) is 17.0. The Morgan fingerprint density at radius 3 is 2.50 bits per heavy atom. The number of aromatic nitrogens is 3. The molecule has 4 aliphatic rings. The molecule has 4 aliphatic heterocycles. The van der Waals surface area contributed by atoms with Crippen molar-refractivity contribution >= 4 is 52.0 Å². The molecule has 3 N–H and O–H groups in total. The van der Waals surface area contributed by atoms with E-state index in [9.17, 15) is 22.8 Å². The molecule has 0 fully saturated rings. The van der Waals surface area contributed by atoms with Crippen LogP contribution in [0.2, 0.25) is 5.02 Å². The lowest BCUT2D eigenvalue weighted by molar-refractivity contribution is -0.154. The highest BCUT2D eigenvalue weighted by Gasteiger charge is 2.30. The first-order valence-corrected chi connectivity index (χ1v) is 17.4. The molecule has 4 aromatic carbocycles. The number of fused-ring (bicyclic) bond motifs is 1. The van der Waals surface area contributed by atoms with E-state index in [1.165, 1.54) is 0 Å². The van der Waals surface area contributed by atoms with Crippen molar-refractivity contribution in [3.63, 3.8) is 0 Å². The summed E-state index contributed by atoms with van der Waals surface area (Å²) in [7, 11) is 0. The van der Waals surface area contributed by atoms with Gasteiger partial charge < -0.3 is 35.1 Å². The predicted molar refractivity (Wildman–Crippen MR) is 198 cm³/mol. The highest BCUT2D eigenvalue weighted by molar-refractivity contribution is 6.32. The Morgan fingerprint density at radius 2 is 1.72 bits per heavy atom. The highest BCUT2D eigenvalue weighted by atomic mass is 35.5. The monoisotopic (exact) mass is 763 g/mol. The van der Waals surface area contributed by atoms with Gasteiger partial charge in [-0.15, -0.1) is 0 Å². The van der Waals surface area contributed by atoms with Gasteiger partial charge in [0, 0.05) is 42.8 Å². The zero-order valence-corrected chi connectivity index (χ0v) is 30.1. The second kappa shape index (κ2) is 16.5. The molecule has 0 aliphatic carbocycles. The van der Waals surface area contributed by atoms with E-state index < -0.39 is 30.3 Å². The summed E-state index contributed by atoms with van der Waals surface area (Å²) >= 11 is 6.55. The SMILES string of the molecule is CC1(C)CNC(=O)c2ccc(cc2)Nc2nc(nc(OCC(F)(F)F)n2)NCc2ccc(c(Cl)c2)OCCCN(C(=O)Oc2cccc3ccccc23)C1. The van der Waals surface area contributed by atoms with Crippen LogP contribution in [0.25, 0.3) is 10.8 Å². The molecule has 12 nitrogen and oxygen atoms in total. The number of nitrogens with zero attached hydrogens (tertiary/aromatic N) is 4. The van der Waals surface area contributed by atoms with Crippen molar-refractivity contribution < 1.29 is 37.0 Å². The number of hydrogen-bond donors (Lipinski definition) is 3. The number of rotatable bonds is 3. The van der Waals surface area contributed by atoms with Crippen molar-refractivity contribution in [3.05, 3.63) is 101 Å². The van der Waals surface area contributed by atoms with Crippen LogP contribution in [-0.4, -0.2) is 70.9 Å². The van der Waals surface area contributed by atoms with Crippen LogP contribution in [0.15, 0.2) is 84.9 Å². The van der Waals surface area contributed by atoms with E-state index in [0.717, 1.165) is 10.8 Å². The number of hydrogen-bond acceptors (Lipinski definition) is 10. The van der Waals surface area contributed by atoms with E-state index >= 15 is 0 Å². The average molecular weight is 764 g/mol. The standard InChI is InChI=1S/C38H37ClF3N7O5/c1-37(2)21-44-32(50)26-12-14-27(15-13-26)45-34-46-33(47-35(48-34)53-23-38(40,41)42)43-20-24-11-16-31(29(39)19-24)52-18-6-17-49(22-37)36(51)54-30-10-5-8-25-7-3-4-9-28(25)30/h3-5,7-16,19H,6,17-18,20-23H2,1-2H3,(H,44,50)(H2,43,45,46,47,48). The van der Waals surface area contributed by atoms with E-state index in [4.69, 9.17) is 25.8 Å². The van der Waals surface area contributed by atoms with E-state index in [-0.39, 0.29) is 50.6 Å². The van der Waals surface area contributed by atoms with E-state index in [0.29, 0.717) is 39.8 Å². The summed E-state index contributed by atoms with van der Waals surface area (Å²) in [5.41, 5.74) is 0.918. The summed E-state index contributed by atoms with van der Waals surface area (Å²) in [6.45, 7) is 3.42. The first-order chi connectivity index (χ1) is 25.8. The number of carbonyl (C=O) groups excluding carboxylic acids is 2. The van der Waals surface area contributed by atoms with Crippen molar-refractivity contribution in [2.45, 2.75) is 33.0 Å². The molecule has 0 atom stereocenters. The lowest BCUT2D eigenvalue weighted by atomic mass is 9.92. The number of ether oxygens (including phenoxy) is 3. The molecule has 0 saturated heterocycles. The van der Waals surface area contributed by atoms with Crippen molar-refractivity contribution in [1.82, 2.24) is 25.2 Å². The number of alkyl halides is 3. The fraction of sp³-hybridized carbons (Fsp3) is 0.289. The van der Waals surface area contributed by atoms with Gasteiger partial charge in [0.25, 0.3) is 5.91 Å². The lowest BCUT2D eigenvalue weighted by Crippen LogP contribution is -2.46. The van der Waals surface area contributed by atoms with Gasteiger partial charge in [-0.05, 0) is 65.3 Å². The second-order valence-corrected chi connectivity index (χ2v) is 13.7. The molecular formula is C38H37ClF3N7O5. The van der Waals surface area contributed by atoms with Crippen LogP contribution in [0.3, 0.4) is 0 Å². The predicted octanol–water partition coefficient (Wildman–Crippen LogP) is 8.01. The Hall–Kier alpha value is -5.83. The lowest BCUT2D eigenvalue weighted by Gasteiger charge is -2.32. The topological polar surface area (TPSA) is 140 Å². The van der Waals surface area contributed by atoms with Crippen LogP contribution in [0.4, 0.5) is 35.5 Å². The molecule has 6 bridgehead atoms. The molecule has 5 aromatic rings. The average Bonchev–Trinajstić information content (AvgIpc) is 3.14. The molecule has 1 aromatic heterocycles. The normalized spacial score (nSPS) is 15.3. The van der Waals surface area contributed by atoms with Crippen LogP contribution in [0.5, 0.6) is 17.5 Å². The van der Waals surface area contributed by atoms with Gasteiger partial charge in [-0.1, -0.05) is 67.9 Å². The third-order valence-electron chi connectivity index (χ3n) is 8.21. The highest BCUT2D eigenvalue weighted by Crippen LogP contribution is 2.29. The van der Waals surface area contributed by atoms with Crippen molar-refractivity contribution in [3.8, 4) is 17.5 Å². The number of halogens is 4. The van der Waals surface area contributed by atoms with Crippen molar-refractivity contribution in [2.75, 3.05) is 43.5 Å². The largest absolute Gasteiger partial charge is 0.492 e. The second-order valence-electron chi connectivity index (χ2n) is 13.3. The fourth-order valence-corrected chi connectivity index (χ4v) is 5.86. The summed E-state index contributed by atoms with van der Waals surface area (Å²) < 4.78 is 55.5. The first kappa shape index (κ1) is 37.9. The maximum absolute atomic E-state index is 13.7. The zero-order valence-electron chi connectivity index (χ0n) is 29.4. The van der Waals surface area contributed by atoms with Crippen molar-refractivity contribution in [2.24, 2.45) is 5.41 Å². The van der Waals surface area contributed by atoms with E-state index in [2.05, 4.69) is 30.9 Å². The van der Waals surface area contributed by atoms with Crippen LogP contribution < -0.4 is 30.2 Å². The third kappa shape index (κ3) is 10.4. The van der Waals surface area contributed by atoms with Gasteiger partial charge in [-0.2, -0.15) is 28.1 Å². The Labute approximate surface area is 314 Å². The molecule has 2 amide bonds. The molecule has 0 radical (unpaired) electrons. The molecule has 282 valence electrons. The summed E-state index contributed by atoms with van der Waals surface area (Å²) in [4.78, 5) is 40.8. The smallest absolute Gasteiger partial charge is 0.422 e. The van der Waals surface area contributed by atoms with Crippen LogP contribution in [-0.2, 0) is 6.54 Å². The molecule has 0 saturated carbocycles. The minimum absolute atomic E-state index is 0.0577. The number of carbonyl (C=O) groups is 2. The number of nitrogens with one attached hydrogen (secondary N) is 3. The van der Waals surface area contributed by atoms with E-state index in [1.54, 1.807) is 53.4 Å². The summed E-state index contributed by atoms with van der Waals surface area (Å²) in [5, 5.41) is 10.9. The zero-order chi connectivity index (χ0) is 38.3. The number of benzene rings is 4. The maximum Gasteiger partial charge on any atom is 0.422 e. The molecule has 0 unspecified atom stereocenters. The molecule has 9 rings (SSSR count). The van der Waals surface area contributed by atoms with Gasteiger partial charge in [0.15, 0.2) is 6.61 Å². The molecule has 54 heavy (non-hydrogen) atoms. The molecular weight excluding hydrogens is 727 g/mol. The molecule has 16 heteroatoms. The van der Waals surface area contributed by atoms with Crippen LogP contribution >= 0.6 is 11.6 Å². The van der Waals surface area contributed by atoms with Gasteiger partial charge in [0.2, 0.25) is 11.9 Å². The van der Waals surface area contributed by atoms with Crippen molar-refractivity contribution in [1.29, 1.82) is 0 Å². The Morgan fingerprint density at radius 1 is 0.963 bits per heavy atom. The van der Waals surface area contributed by atoms with Crippen LogP contribution in [0, 0.1) is 5.41 Å². The van der Waals surface area contributed by atoms with Gasteiger partial charge in [-0.3, -0.25) is 4.79 Å². The Bertz CT molecular complexity index is 2110. The summed E-state index contributed by atoms with van der Waals surface area (Å²) in [6.07, 6.45) is -4.71. The van der Waals surface area contributed by atoms with Gasteiger partial charge in [0.05, 0.1) is 11.6 Å². The minimum Gasteiger partial charge on any atom is -0.492 e. The maximum atomic E-state index is 13.7. The fourth-order valence-electron chi connectivity index (χ4n) is 5.60. The Kier molecular flexibility index (Phi) is 11.6. The summed E-state index contributed by atoms with van der Waals surface area (Å²) in [6, 6.07) is 24.1.